The fraction of sp³-hybridized carbons (Fsp3) is 0.636. The van der Waals surface area contributed by atoms with E-state index < -0.39 is 10.0 Å². The second-order valence-corrected chi connectivity index (χ2v) is 6.81. The zero-order valence-electron chi connectivity index (χ0n) is 11.5. The van der Waals surface area contributed by atoms with Crippen molar-refractivity contribution in [1.82, 2.24) is 24.7 Å². The Morgan fingerprint density at radius 2 is 2.20 bits per heavy atom. The standard InChI is InChI=1S/C11H19N5O3S/c1-12-11(17)9-7-15(2)3-4-16(8-9)20(18,19)10-5-13-14-6-10/h5-6,9H,3-4,7-8H2,1-2H3,(H,12,17)(H,13,14). The third-order valence-electron chi connectivity index (χ3n) is 3.42. The maximum absolute atomic E-state index is 12.5. The zero-order valence-corrected chi connectivity index (χ0v) is 12.4. The Labute approximate surface area is 118 Å². The first kappa shape index (κ1) is 14.9. The lowest BCUT2D eigenvalue weighted by molar-refractivity contribution is -0.124. The average Bonchev–Trinajstić information content (AvgIpc) is 2.88. The van der Waals surface area contributed by atoms with Gasteiger partial charge in [-0.2, -0.15) is 9.40 Å². The number of aromatic amines is 1. The molecule has 0 aromatic carbocycles. The lowest BCUT2D eigenvalue weighted by Gasteiger charge is -2.22. The first-order valence-corrected chi connectivity index (χ1v) is 7.78. The van der Waals surface area contributed by atoms with Gasteiger partial charge in [0.25, 0.3) is 0 Å². The van der Waals surface area contributed by atoms with Gasteiger partial charge in [0, 0.05) is 39.4 Å². The molecule has 0 spiro atoms. The molecule has 1 atom stereocenters. The van der Waals surface area contributed by atoms with Gasteiger partial charge in [-0.05, 0) is 7.05 Å². The van der Waals surface area contributed by atoms with Crippen molar-refractivity contribution in [1.29, 1.82) is 0 Å². The summed E-state index contributed by atoms with van der Waals surface area (Å²) < 4.78 is 26.3. The van der Waals surface area contributed by atoms with Crippen LogP contribution < -0.4 is 5.32 Å². The minimum absolute atomic E-state index is 0.123. The molecule has 2 heterocycles. The Balaban J connectivity index is 2.25. The van der Waals surface area contributed by atoms with Gasteiger partial charge < -0.3 is 10.2 Å². The normalized spacial score (nSPS) is 22.4. The quantitative estimate of drug-likeness (QED) is 0.724. The highest BCUT2D eigenvalue weighted by atomic mass is 32.2. The van der Waals surface area contributed by atoms with Gasteiger partial charge in [0.1, 0.15) is 4.90 Å². The molecular weight excluding hydrogens is 282 g/mol. The molecule has 0 saturated carbocycles. The Bertz CT molecular complexity index is 557. The van der Waals surface area contributed by atoms with E-state index >= 15 is 0 Å². The van der Waals surface area contributed by atoms with Crippen LogP contribution in [0.3, 0.4) is 0 Å². The fourth-order valence-electron chi connectivity index (χ4n) is 2.26. The Kier molecular flexibility index (Phi) is 4.41. The molecule has 0 bridgehead atoms. The highest BCUT2D eigenvalue weighted by molar-refractivity contribution is 7.89. The zero-order chi connectivity index (χ0) is 14.8. The molecule has 1 aromatic rings. The minimum atomic E-state index is -3.61. The van der Waals surface area contributed by atoms with Crippen LogP contribution in [0.1, 0.15) is 0 Å². The van der Waals surface area contributed by atoms with Crippen molar-refractivity contribution in [3.05, 3.63) is 12.4 Å². The summed E-state index contributed by atoms with van der Waals surface area (Å²) in [5.74, 6) is -0.527. The van der Waals surface area contributed by atoms with E-state index in [-0.39, 0.29) is 23.3 Å². The summed E-state index contributed by atoms with van der Waals surface area (Å²) in [4.78, 5) is 13.9. The average molecular weight is 301 g/mol. The van der Waals surface area contributed by atoms with Crippen LogP contribution in [-0.2, 0) is 14.8 Å². The van der Waals surface area contributed by atoms with Crippen molar-refractivity contribution in [3.63, 3.8) is 0 Å². The first-order valence-electron chi connectivity index (χ1n) is 6.34. The van der Waals surface area contributed by atoms with E-state index in [9.17, 15) is 13.2 Å². The van der Waals surface area contributed by atoms with Crippen molar-refractivity contribution in [3.8, 4) is 0 Å². The number of H-pyrrole nitrogens is 1. The summed E-state index contributed by atoms with van der Waals surface area (Å²) in [7, 11) is -0.171. The lowest BCUT2D eigenvalue weighted by Crippen LogP contribution is -2.41. The third-order valence-corrected chi connectivity index (χ3v) is 5.25. The van der Waals surface area contributed by atoms with Gasteiger partial charge in [0.15, 0.2) is 0 Å². The number of nitrogens with zero attached hydrogens (tertiary/aromatic N) is 3. The van der Waals surface area contributed by atoms with E-state index in [1.54, 1.807) is 7.05 Å². The number of nitrogens with one attached hydrogen (secondary N) is 2. The Hall–Kier alpha value is -1.45. The van der Waals surface area contributed by atoms with E-state index in [0.29, 0.717) is 19.6 Å². The third kappa shape index (κ3) is 3.00. The van der Waals surface area contributed by atoms with Gasteiger partial charge in [0.05, 0.1) is 12.1 Å². The van der Waals surface area contributed by atoms with Crippen LogP contribution in [0.4, 0.5) is 0 Å². The van der Waals surface area contributed by atoms with Crippen LogP contribution in [-0.4, -0.2) is 74.0 Å². The number of likely N-dealkylation sites (N-methyl/N-ethyl adjacent to an activating group) is 1. The molecule has 1 aliphatic heterocycles. The summed E-state index contributed by atoms with van der Waals surface area (Å²) >= 11 is 0. The number of hydrogen-bond acceptors (Lipinski definition) is 5. The topological polar surface area (TPSA) is 98.4 Å². The molecule has 2 rings (SSSR count). The molecule has 1 saturated heterocycles. The van der Waals surface area contributed by atoms with E-state index in [1.165, 1.54) is 16.7 Å². The molecule has 8 nitrogen and oxygen atoms in total. The molecule has 1 amide bonds. The fourth-order valence-corrected chi connectivity index (χ4v) is 3.65. The highest BCUT2D eigenvalue weighted by Gasteiger charge is 2.33. The molecule has 0 radical (unpaired) electrons. The van der Waals surface area contributed by atoms with E-state index in [0.717, 1.165) is 0 Å². The van der Waals surface area contributed by atoms with Crippen LogP contribution >= 0.6 is 0 Å². The van der Waals surface area contributed by atoms with Crippen LogP contribution in [0.15, 0.2) is 17.3 Å². The second-order valence-electron chi connectivity index (χ2n) is 4.87. The first-order chi connectivity index (χ1) is 9.45. The maximum atomic E-state index is 12.5. The molecule has 0 aliphatic carbocycles. The van der Waals surface area contributed by atoms with Crippen LogP contribution in [0.5, 0.6) is 0 Å². The smallest absolute Gasteiger partial charge is 0.246 e. The molecule has 2 N–H and O–H groups in total. The number of hydrogen-bond donors (Lipinski definition) is 2. The molecule has 1 unspecified atom stereocenters. The predicted molar refractivity (Wildman–Crippen MR) is 72.4 cm³/mol. The molecule has 1 aromatic heterocycles. The van der Waals surface area contributed by atoms with Crippen LogP contribution in [0.25, 0.3) is 0 Å². The molecule has 1 fully saturated rings. The van der Waals surface area contributed by atoms with Crippen LogP contribution in [0, 0.1) is 5.92 Å². The summed E-state index contributed by atoms with van der Waals surface area (Å²) in [6, 6.07) is 0. The van der Waals surface area contributed by atoms with Crippen molar-refractivity contribution in [2.45, 2.75) is 4.90 Å². The number of amides is 1. The number of carbonyl (C=O) groups is 1. The van der Waals surface area contributed by atoms with Crippen molar-refractivity contribution in [2.75, 3.05) is 40.3 Å². The van der Waals surface area contributed by atoms with Crippen LogP contribution in [0.2, 0.25) is 0 Å². The van der Waals surface area contributed by atoms with Crippen molar-refractivity contribution >= 4 is 15.9 Å². The van der Waals surface area contributed by atoms with Gasteiger partial charge in [-0.1, -0.05) is 0 Å². The number of aromatic nitrogens is 2. The van der Waals surface area contributed by atoms with Gasteiger partial charge in [-0.15, -0.1) is 0 Å². The predicted octanol–water partition coefficient (Wildman–Crippen LogP) is -1.29. The van der Waals surface area contributed by atoms with Gasteiger partial charge >= 0.3 is 0 Å². The van der Waals surface area contributed by atoms with Gasteiger partial charge in [-0.25, -0.2) is 8.42 Å². The summed E-state index contributed by atoms with van der Waals surface area (Å²) in [5, 5.41) is 8.75. The van der Waals surface area contributed by atoms with E-state index in [1.807, 2.05) is 11.9 Å². The molecular formula is C11H19N5O3S. The number of carbonyl (C=O) groups excluding carboxylic acids is 1. The van der Waals surface area contributed by atoms with Crippen molar-refractivity contribution < 1.29 is 13.2 Å². The van der Waals surface area contributed by atoms with Gasteiger partial charge in [-0.3, -0.25) is 9.89 Å². The minimum Gasteiger partial charge on any atom is -0.359 e. The molecule has 112 valence electrons. The number of rotatable bonds is 3. The SMILES string of the molecule is CNC(=O)C1CN(C)CCN(S(=O)(=O)c2cn[nH]c2)C1. The lowest BCUT2D eigenvalue weighted by atomic mass is 10.1. The summed E-state index contributed by atoms with van der Waals surface area (Å²) in [6.45, 7) is 1.66. The summed E-state index contributed by atoms with van der Waals surface area (Å²) in [5.41, 5.74) is 0. The second kappa shape index (κ2) is 5.90. The van der Waals surface area contributed by atoms with E-state index in [2.05, 4.69) is 15.5 Å². The number of sulfonamides is 1. The monoisotopic (exact) mass is 301 g/mol. The van der Waals surface area contributed by atoms with Crippen molar-refractivity contribution in [2.24, 2.45) is 5.92 Å². The highest BCUT2D eigenvalue weighted by Crippen LogP contribution is 2.18. The largest absolute Gasteiger partial charge is 0.359 e. The summed E-state index contributed by atoms with van der Waals surface area (Å²) in [6.07, 6.45) is 2.62. The Morgan fingerprint density at radius 3 is 2.80 bits per heavy atom. The molecule has 9 heteroatoms. The Morgan fingerprint density at radius 1 is 1.45 bits per heavy atom. The van der Waals surface area contributed by atoms with E-state index in [4.69, 9.17) is 0 Å². The van der Waals surface area contributed by atoms with Gasteiger partial charge in [0.2, 0.25) is 15.9 Å². The molecule has 20 heavy (non-hydrogen) atoms. The molecule has 1 aliphatic rings. The maximum Gasteiger partial charge on any atom is 0.246 e.